The van der Waals surface area contributed by atoms with Gasteiger partial charge in [-0.05, 0) is 30.4 Å². The number of H-pyrrole nitrogens is 1. The number of rotatable bonds is 4. The second-order valence-electron chi connectivity index (χ2n) is 5.46. The van der Waals surface area contributed by atoms with E-state index in [1.807, 2.05) is 0 Å². The third-order valence-corrected chi connectivity index (χ3v) is 3.61. The van der Waals surface area contributed by atoms with E-state index in [0.717, 1.165) is 6.07 Å². The first-order valence-electron chi connectivity index (χ1n) is 7.59. The maximum Gasteiger partial charge on any atom is 0.417 e. The molecule has 0 amide bonds. The SMILES string of the molecule is O=c1[nH]c(/C=C\c2ccc(-c3ccccc3C(F)(F)F)o2)nc(O)c1[N+](=O)[O-]. The molecule has 3 aromatic rings. The lowest BCUT2D eigenvalue weighted by Gasteiger charge is -2.10. The van der Waals surface area contributed by atoms with Gasteiger partial charge in [0, 0.05) is 5.56 Å². The molecule has 0 aliphatic carbocycles. The van der Waals surface area contributed by atoms with E-state index in [1.165, 1.54) is 42.5 Å². The summed E-state index contributed by atoms with van der Waals surface area (Å²) in [6.45, 7) is 0. The Morgan fingerprint density at radius 3 is 2.54 bits per heavy atom. The lowest BCUT2D eigenvalue weighted by molar-refractivity contribution is -0.387. The van der Waals surface area contributed by atoms with Gasteiger partial charge < -0.3 is 14.5 Å². The summed E-state index contributed by atoms with van der Waals surface area (Å²) in [5.74, 6) is -1.16. The highest BCUT2D eigenvalue weighted by atomic mass is 19.4. The van der Waals surface area contributed by atoms with Crippen LogP contribution in [0.5, 0.6) is 5.88 Å². The molecular formula is C17H10F3N3O5. The number of alkyl halides is 3. The smallest absolute Gasteiger partial charge is 0.417 e. The Balaban J connectivity index is 1.91. The normalized spacial score (nSPS) is 11.8. The fourth-order valence-electron chi connectivity index (χ4n) is 2.41. The van der Waals surface area contributed by atoms with E-state index in [2.05, 4.69) is 9.97 Å². The number of furan rings is 1. The zero-order valence-electron chi connectivity index (χ0n) is 13.7. The van der Waals surface area contributed by atoms with Gasteiger partial charge in [-0.3, -0.25) is 14.9 Å². The minimum absolute atomic E-state index is 0.0272. The van der Waals surface area contributed by atoms with Gasteiger partial charge >= 0.3 is 17.4 Å². The summed E-state index contributed by atoms with van der Waals surface area (Å²) < 4.78 is 44.7. The molecule has 2 heterocycles. The molecule has 2 N–H and O–H groups in total. The Kier molecular flexibility index (Phi) is 4.74. The van der Waals surface area contributed by atoms with Gasteiger partial charge in [-0.1, -0.05) is 18.2 Å². The summed E-state index contributed by atoms with van der Waals surface area (Å²) in [5, 5.41) is 20.1. The topological polar surface area (TPSA) is 122 Å². The van der Waals surface area contributed by atoms with Crippen molar-refractivity contribution in [1.29, 1.82) is 0 Å². The van der Waals surface area contributed by atoms with E-state index < -0.39 is 33.8 Å². The summed E-state index contributed by atoms with van der Waals surface area (Å²) in [5.41, 5.74) is -3.25. The van der Waals surface area contributed by atoms with E-state index in [4.69, 9.17) is 4.42 Å². The number of nitrogens with one attached hydrogen (secondary N) is 1. The number of benzene rings is 1. The van der Waals surface area contributed by atoms with Crippen LogP contribution < -0.4 is 5.56 Å². The standard InChI is InChI=1S/C17H10F3N3O5/c18-17(19,20)11-4-2-1-3-10(11)12-7-5-9(28-12)6-8-13-21-15(24)14(23(26)27)16(25)22-13/h1-8H,(H2,21,22,24,25)/b8-6-. The first-order valence-corrected chi connectivity index (χ1v) is 7.59. The largest absolute Gasteiger partial charge is 0.488 e. The Morgan fingerprint density at radius 1 is 1.18 bits per heavy atom. The highest BCUT2D eigenvalue weighted by Gasteiger charge is 2.34. The number of halogens is 3. The Bertz CT molecular complexity index is 1130. The summed E-state index contributed by atoms with van der Waals surface area (Å²) in [6.07, 6.45) is -2.12. The predicted molar refractivity (Wildman–Crippen MR) is 91.3 cm³/mol. The Labute approximate surface area is 153 Å². The van der Waals surface area contributed by atoms with Crippen LogP contribution in [0.2, 0.25) is 0 Å². The molecule has 0 spiro atoms. The molecule has 0 unspecified atom stereocenters. The fraction of sp³-hybridized carbons (Fsp3) is 0.0588. The van der Waals surface area contributed by atoms with Crippen LogP contribution in [0.3, 0.4) is 0 Å². The van der Waals surface area contributed by atoms with Crippen LogP contribution in [-0.2, 0) is 6.18 Å². The molecule has 28 heavy (non-hydrogen) atoms. The molecular weight excluding hydrogens is 383 g/mol. The van der Waals surface area contributed by atoms with Crippen LogP contribution in [0.4, 0.5) is 18.9 Å². The fourth-order valence-corrected chi connectivity index (χ4v) is 2.41. The molecule has 0 aliphatic heterocycles. The van der Waals surface area contributed by atoms with Crippen LogP contribution in [0.25, 0.3) is 23.5 Å². The maximum atomic E-state index is 13.1. The molecule has 0 saturated heterocycles. The summed E-state index contributed by atoms with van der Waals surface area (Å²) in [7, 11) is 0. The van der Waals surface area contributed by atoms with Crippen molar-refractivity contribution in [3.05, 3.63) is 74.0 Å². The monoisotopic (exact) mass is 393 g/mol. The van der Waals surface area contributed by atoms with Gasteiger partial charge in [0.2, 0.25) is 0 Å². The predicted octanol–water partition coefficient (Wildman–Crippen LogP) is 3.83. The molecule has 0 bridgehead atoms. The first-order chi connectivity index (χ1) is 13.2. The van der Waals surface area contributed by atoms with Gasteiger partial charge in [0.1, 0.15) is 17.3 Å². The molecule has 0 saturated carbocycles. The van der Waals surface area contributed by atoms with Gasteiger partial charge in [-0.15, -0.1) is 0 Å². The quantitative estimate of drug-likeness (QED) is 0.513. The van der Waals surface area contributed by atoms with Crippen LogP contribution >= 0.6 is 0 Å². The van der Waals surface area contributed by atoms with Crippen LogP contribution in [-0.4, -0.2) is 20.0 Å². The van der Waals surface area contributed by atoms with Crippen molar-refractivity contribution in [3.63, 3.8) is 0 Å². The van der Waals surface area contributed by atoms with Crippen molar-refractivity contribution >= 4 is 17.8 Å². The van der Waals surface area contributed by atoms with Crippen LogP contribution in [0, 0.1) is 10.1 Å². The number of aromatic hydroxyl groups is 1. The lowest BCUT2D eigenvalue weighted by atomic mass is 10.1. The first kappa shape index (κ1) is 18.9. The molecule has 2 aromatic heterocycles. The molecule has 11 heteroatoms. The van der Waals surface area contributed by atoms with E-state index in [-0.39, 0.29) is 22.9 Å². The second kappa shape index (κ2) is 7.02. The van der Waals surface area contributed by atoms with Crippen LogP contribution in [0.1, 0.15) is 17.1 Å². The van der Waals surface area contributed by atoms with Crippen LogP contribution in [0.15, 0.2) is 45.6 Å². The number of nitrogens with zero attached hydrogens (tertiary/aromatic N) is 2. The van der Waals surface area contributed by atoms with Crippen molar-refractivity contribution in [1.82, 2.24) is 9.97 Å². The lowest BCUT2D eigenvalue weighted by Crippen LogP contribution is -2.14. The maximum absolute atomic E-state index is 13.1. The number of aromatic nitrogens is 2. The third kappa shape index (κ3) is 3.77. The number of aromatic amines is 1. The van der Waals surface area contributed by atoms with Gasteiger partial charge in [0.15, 0.2) is 0 Å². The average molecular weight is 393 g/mol. The number of hydrogen-bond acceptors (Lipinski definition) is 6. The minimum atomic E-state index is -4.56. The Hall–Kier alpha value is -3.89. The van der Waals surface area contributed by atoms with Gasteiger partial charge in [-0.2, -0.15) is 18.2 Å². The Morgan fingerprint density at radius 2 is 1.89 bits per heavy atom. The zero-order valence-corrected chi connectivity index (χ0v) is 13.7. The highest BCUT2D eigenvalue weighted by molar-refractivity contribution is 5.68. The highest BCUT2D eigenvalue weighted by Crippen LogP contribution is 2.37. The van der Waals surface area contributed by atoms with Crippen molar-refractivity contribution < 1.29 is 27.6 Å². The second-order valence-corrected chi connectivity index (χ2v) is 5.46. The van der Waals surface area contributed by atoms with Crippen molar-refractivity contribution in [2.45, 2.75) is 6.18 Å². The average Bonchev–Trinajstić information content (AvgIpc) is 3.07. The molecule has 0 fully saturated rings. The van der Waals surface area contributed by atoms with E-state index in [1.54, 1.807) is 0 Å². The summed E-state index contributed by atoms with van der Waals surface area (Å²) >= 11 is 0. The molecule has 0 radical (unpaired) electrons. The van der Waals surface area contributed by atoms with Gasteiger partial charge in [-0.25, -0.2) is 0 Å². The minimum Gasteiger partial charge on any atom is -0.488 e. The van der Waals surface area contributed by atoms with Crippen molar-refractivity contribution in [2.75, 3.05) is 0 Å². The van der Waals surface area contributed by atoms with Gasteiger partial charge in [0.05, 0.1) is 10.5 Å². The molecule has 144 valence electrons. The number of nitro groups is 1. The molecule has 1 aromatic carbocycles. The third-order valence-electron chi connectivity index (χ3n) is 3.61. The molecule has 0 atom stereocenters. The summed E-state index contributed by atoms with van der Waals surface area (Å²) in [4.78, 5) is 26.7. The van der Waals surface area contributed by atoms with Crippen molar-refractivity contribution in [2.24, 2.45) is 0 Å². The van der Waals surface area contributed by atoms with E-state index in [0.29, 0.717) is 0 Å². The van der Waals surface area contributed by atoms with Gasteiger partial charge in [0.25, 0.3) is 5.88 Å². The van der Waals surface area contributed by atoms with E-state index >= 15 is 0 Å². The number of hydrogen-bond donors (Lipinski definition) is 2. The molecule has 0 aliphatic rings. The zero-order chi connectivity index (χ0) is 20.5. The van der Waals surface area contributed by atoms with Crippen molar-refractivity contribution in [3.8, 4) is 17.2 Å². The molecule has 3 rings (SSSR count). The van der Waals surface area contributed by atoms with E-state index in [9.17, 15) is 33.2 Å². The summed E-state index contributed by atoms with van der Waals surface area (Å²) in [6, 6.07) is 7.64. The molecule has 8 nitrogen and oxygen atoms in total.